The van der Waals surface area contributed by atoms with E-state index >= 15 is 0 Å². The number of hydrogen-bond acceptors (Lipinski definition) is 8. The third-order valence-corrected chi connectivity index (χ3v) is 11.7. The Balaban J connectivity index is 0.00000541. The minimum atomic E-state index is -3.98. The average Bonchev–Trinajstić information content (AvgIpc) is 3.65. The third-order valence-electron chi connectivity index (χ3n) is 7.44. The third kappa shape index (κ3) is 12.1. The van der Waals surface area contributed by atoms with Crippen molar-refractivity contribution in [2.45, 2.75) is 35.6 Å². The van der Waals surface area contributed by atoms with Gasteiger partial charge in [-0.15, -0.1) is 11.3 Å². The summed E-state index contributed by atoms with van der Waals surface area (Å²) in [7, 11) is -7.20. The van der Waals surface area contributed by atoms with E-state index in [-0.39, 0.29) is 51.7 Å². The number of hydrogen-bond donors (Lipinski definition) is 0. The Kier molecular flexibility index (Phi) is 14.5. The van der Waals surface area contributed by atoms with Crippen LogP contribution < -0.4 is 39.0 Å². The van der Waals surface area contributed by atoms with Gasteiger partial charge in [0.25, 0.3) is 0 Å². The van der Waals surface area contributed by atoms with Crippen LogP contribution in [-0.4, -0.2) is 41.7 Å². The topological polar surface area (TPSA) is 118 Å². The molecule has 0 aliphatic rings. The molecular weight excluding hydrogens is 690 g/mol. The Labute approximate surface area is 314 Å². The molecule has 0 unspecified atom stereocenters. The first-order valence-electron chi connectivity index (χ1n) is 15.5. The zero-order chi connectivity index (χ0) is 33.8. The van der Waals surface area contributed by atoms with Crippen molar-refractivity contribution in [2.75, 3.05) is 19.0 Å². The number of benzene rings is 4. The van der Waals surface area contributed by atoms with Crippen LogP contribution in [0.5, 0.6) is 11.5 Å². The van der Waals surface area contributed by atoms with Gasteiger partial charge in [-0.2, -0.15) is 0 Å². The van der Waals surface area contributed by atoms with Gasteiger partial charge >= 0.3 is 29.6 Å². The molecule has 0 bridgehead atoms. The number of carbonyl (C=O) groups is 1. The molecule has 12 heteroatoms. The maximum atomic E-state index is 12.6. The molecule has 49 heavy (non-hydrogen) atoms. The van der Waals surface area contributed by atoms with Crippen LogP contribution in [0.3, 0.4) is 0 Å². The van der Waals surface area contributed by atoms with Crippen molar-refractivity contribution in [3.05, 3.63) is 142 Å². The maximum Gasteiger partial charge on any atom is 1.00 e. The normalized spacial score (nSPS) is 11.3. The smallest absolute Gasteiger partial charge is 0.541 e. The summed E-state index contributed by atoms with van der Waals surface area (Å²) in [5.41, 5.74) is 4.55. The molecule has 4 aromatic carbocycles. The second-order valence-electron chi connectivity index (χ2n) is 11.1. The number of aryl methyl sites for hydroxylation is 2. The Bertz CT molecular complexity index is 1980. The Morgan fingerprint density at radius 1 is 0.673 bits per heavy atom. The maximum absolute atomic E-state index is 12.6. The summed E-state index contributed by atoms with van der Waals surface area (Å²) in [6, 6.07) is 35.1. The number of carbonyl (C=O) groups excluding carboxylic acids is 1. The standard InChI is InChI=1S/C37H37NO7S3.Na/c39-36(38-48(42,43)37-12-6-26-46-37)22-17-31-10-4-5-11-35(31)32-15-20-34(21-16-32)45-25-7-24-44-33-18-13-30(14-19-33)28-47(40,41)27-23-29-8-2-1-3-9-29;/h1-6,8-16,18-21,26H,7,17,22-25,27-28H2,(H,38,39);/q;+1/p-1. The van der Waals surface area contributed by atoms with E-state index in [1.807, 2.05) is 78.9 Å². The van der Waals surface area contributed by atoms with Gasteiger partial charge in [0.2, 0.25) is 0 Å². The molecular formula is C37H36NNaO7S3. The molecule has 1 amide bonds. The molecule has 0 saturated heterocycles. The second-order valence-corrected chi connectivity index (χ2v) is 16.1. The van der Waals surface area contributed by atoms with Gasteiger partial charge in [0.05, 0.1) is 30.6 Å². The number of thiophene rings is 1. The Morgan fingerprint density at radius 2 is 1.31 bits per heavy atom. The van der Waals surface area contributed by atoms with Crippen molar-refractivity contribution >= 4 is 37.1 Å². The largest absolute Gasteiger partial charge is 1.00 e. The molecule has 250 valence electrons. The molecule has 8 nitrogen and oxygen atoms in total. The van der Waals surface area contributed by atoms with E-state index < -0.39 is 25.8 Å². The number of ether oxygens (including phenoxy) is 2. The van der Waals surface area contributed by atoms with Crippen LogP contribution >= 0.6 is 11.3 Å². The fraction of sp³-hybridized carbons (Fsp3) is 0.216. The molecule has 0 aliphatic heterocycles. The first kappa shape index (κ1) is 38.4. The molecule has 0 fully saturated rings. The predicted octanol–water partition coefficient (Wildman–Crippen LogP) is 4.65. The van der Waals surface area contributed by atoms with Crippen LogP contribution in [0.1, 0.15) is 29.5 Å². The minimum absolute atomic E-state index is 0. The van der Waals surface area contributed by atoms with Crippen LogP contribution in [0.2, 0.25) is 0 Å². The van der Waals surface area contributed by atoms with E-state index in [0.717, 1.165) is 39.2 Å². The van der Waals surface area contributed by atoms with E-state index in [9.17, 15) is 21.6 Å². The van der Waals surface area contributed by atoms with E-state index in [1.165, 1.54) is 6.07 Å². The van der Waals surface area contributed by atoms with Crippen LogP contribution in [-0.2, 0) is 43.2 Å². The number of sulfonamides is 1. The van der Waals surface area contributed by atoms with Crippen molar-refractivity contribution in [1.82, 2.24) is 0 Å². The van der Waals surface area contributed by atoms with E-state index in [2.05, 4.69) is 4.72 Å². The van der Waals surface area contributed by atoms with Gasteiger partial charge in [-0.1, -0.05) is 84.9 Å². The average molecular weight is 726 g/mol. The monoisotopic (exact) mass is 725 g/mol. The fourth-order valence-corrected chi connectivity index (χ4v) is 8.30. The summed E-state index contributed by atoms with van der Waals surface area (Å²) in [6.07, 6.45) is 1.49. The van der Waals surface area contributed by atoms with E-state index in [1.54, 1.807) is 35.7 Å². The van der Waals surface area contributed by atoms with Crippen molar-refractivity contribution < 1.29 is 60.7 Å². The molecule has 0 N–H and O–H groups in total. The molecule has 0 radical (unpaired) electrons. The summed E-state index contributed by atoms with van der Waals surface area (Å²) in [5, 5.41) is 1.63. The van der Waals surface area contributed by atoms with Crippen molar-refractivity contribution in [2.24, 2.45) is 0 Å². The van der Waals surface area contributed by atoms with Gasteiger partial charge in [0.15, 0.2) is 9.84 Å². The number of rotatable bonds is 17. The first-order chi connectivity index (χ1) is 23.2. The number of amides is 1. The van der Waals surface area contributed by atoms with Gasteiger partial charge in [-0.25, -0.2) is 16.8 Å². The van der Waals surface area contributed by atoms with Gasteiger partial charge in [0.1, 0.15) is 25.7 Å². The van der Waals surface area contributed by atoms with Crippen molar-refractivity contribution in [3.63, 3.8) is 0 Å². The van der Waals surface area contributed by atoms with Crippen molar-refractivity contribution in [1.29, 1.82) is 0 Å². The van der Waals surface area contributed by atoms with Gasteiger partial charge in [0, 0.05) is 6.42 Å². The number of sulfone groups is 1. The Morgan fingerprint density at radius 3 is 1.96 bits per heavy atom. The van der Waals surface area contributed by atoms with Crippen molar-refractivity contribution in [3.8, 4) is 22.6 Å². The first-order valence-corrected chi connectivity index (χ1v) is 19.6. The van der Waals surface area contributed by atoms with Crippen LogP contribution in [0.4, 0.5) is 0 Å². The molecule has 0 saturated carbocycles. The molecule has 1 heterocycles. The SMILES string of the molecule is O=C(CCc1ccccc1-c1ccc(OCCCOc2ccc(CS(=O)(=O)CCc3ccccc3)cc2)cc1)[N-]S(=O)(=O)c1cccs1.[Na+]. The molecule has 0 spiro atoms. The summed E-state index contributed by atoms with van der Waals surface area (Å²) in [5.74, 6) is 0.807. The van der Waals surface area contributed by atoms with E-state index in [0.29, 0.717) is 44.0 Å². The minimum Gasteiger partial charge on any atom is -0.541 e. The molecule has 0 aliphatic carbocycles. The van der Waals surface area contributed by atoms with Gasteiger partial charge in [-0.05, 0) is 82.8 Å². The fourth-order valence-electron chi connectivity index (χ4n) is 4.99. The van der Waals surface area contributed by atoms with Crippen LogP contribution in [0, 0.1) is 0 Å². The van der Waals surface area contributed by atoms with Gasteiger partial charge in [-0.3, -0.25) is 0 Å². The molecule has 1 aromatic heterocycles. The zero-order valence-electron chi connectivity index (χ0n) is 27.2. The summed E-state index contributed by atoms with van der Waals surface area (Å²) >= 11 is 1.03. The van der Waals surface area contributed by atoms with Gasteiger partial charge < -0.3 is 19.0 Å². The Hall–Kier alpha value is -3.45. The molecule has 5 rings (SSSR count). The molecule has 0 atom stereocenters. The van der Waals surface area contributed by atoms with Crippen LogP contribution in [0.25, 0.3) is 15.8 Å². The zero-order valence-corrected chi connectivity index (χ0v) is 31.7. The summed E-state index contributed by atoms with van der Waals surface area (Å²) in [4.78, 5) is 12.4. The summed E-state index contributed by atoms with van der Waals surface area (Å²) < 4.78 is 65.0. The molecule has 5 aromatic rings. The quantitative estimate of drug-likeness (QED) is 0.101. The summed E-state index contributed by atoms with van der Waals surface area (Å²) in [6.45, 7) is 0.896. The predicted molar refractivity (Wildman–Crippen MR) is 190 cm³/mol. The van der Waals surface area contributed by atoms with E-state index in [4.69, 9.17) is 9.47 Å². The number of nitrogens with zero attached hydrogens (tertiary/aromatic N) is 1. The van der Waals surface area contributed by atoms with Crippen LogP contribution in [0.15, 0.2) is 125 Å². The second kappa shape index (κ2) is 18.5.